The Labute approximate surface area is 120 Å². The minimum atomic E-state index is 0.294. The van der Waals surface area contributed by atoms with Gasteiger partial charge in [0.15, 0.2) is 0 Å². The van der Waals surface area contributed by atoms with Crippen molar-refractivity contribution < 1.29 is 4.74 Å². The van der Waals surface area contributed by atoms with Crippen LogP contribution >= 0.6 is 0 Å². The van der Waals surface area contributed by atoms with E-state index in [2.05, 4.69) is 53.0 Å². The lowest BCUT2D eigenvalue weighted by Crippen LogP contribution is -2.33. The second kappa shape index (κ2) is 7.84. The molecule has 0 fully saturated rings. The number of anilines is 2. The molecule has 0 unspecified atom stereocenters. The predicted molar refractivity (Wildman–Crippen MR) is 80.7 cm³/mol. The maximum atomic E-state index is 5.41. The molecule has 0 saturated heterocycles. The Morgan fingerprint density at radius 2 is 1.70 bits per heavy atom. The van der Waals surface area contributed by atoms with Gasteiger partial charge in [-0.1, -0.05) is 27.7 Å². The number of hydrogen-bond donors (Lipinski definition) is 2. The number of ether oxygens (including phenoxy) is 1. The molecule has 114 valence electrons. The van der Waals surface area contributed by atoms with Gasteiger partial charge in [0.05, 0.1) is 6.61 Å². The van der Waals surface area contributed by atoms with Gasteiger partial charge in [0.2, 0.25) is 11.9 Å². The maximum Gasteiger partial charge on any atom is 0.323 e. The highest BCUT2D eigenvalue weighted by Gasteiger charge is 2.16. The number of nitrogens with zero attached hydrogens (tertiary/aromatic N) is 4. The summed E-state index contributed by atoms with van der Waals surface area (Å²) in [6.07, 6.45) is 0. The molecule has 1 aromatic rings. The normalized spacial score (nSPS) is 11.0. The molecule has 0 aliphatic heterocycles. The van der Waals surface area contributed by atoms with E-state index in [-0.39, 0.29) is 0 Å². The van der Waals surface area contributed by atoms with Gasteiger partial charge in [0.25, 0.3) is 0 Å². The minimum Gasteiger partial charge on any atom is -0.464 e. The van der Waals surface area contributed by atoms with Crippen LogP contribution < -0.4 is 20.9 Å². The van der Waals surface area contributed by atoms with Crippen molar-refractivity contribution in [1.82, 2.24) is 15.0 Å². The van der Waals surface area contributed by atoms with E-state index in [0.717, 1.165) is 13.1 Å². The molecular weight excluding hydrogens is 256 g/mol. The Hall–Kier alpha value is -1.63. The van der Waals surface area contributed by atoms with E-state index >= 15 is 0 Å². The zero-order valence-electron chi connectivity index (χ0n) is 13.1. The Morgan fingerprint density at radius 1 is 1.10 bits per heavy atom. The zero-order valence-corrected chi connectivity index (χ0v) is 13.1. The number of hydrogen-bond acceptors (Lipinski definition) is 7. The fraction of sp³-hybridized carbons (Fsp3) is 0.769. The van der Waals surface area contributed by atoms with Gasteiger partial charge in [-0.05, 0) is 18.8 Å². The lowest BCUT2D eigenvalue weighted by atomic mass is 10.1. The molecule has 0 radical (unpaired) electrons. The molecule has 0 aliphatic rings. The van der Waals surface area contributed by atoms with Crippen molar-refractivity contribution >= 4 is 11.9 Å². The molecule has 0 aliphatic carbocycles. The van der Waals surface area contributed by atoms with Crippen molar-refractivity contribution in [2.24, 2.45) is 17.7 Å². The number of rotatable bonds is 8. The standard InChI is InChI=1S/C13H26N6O/c1-6-20-13-16-11(18-14)15-12(17-13)19(7-9(2)3)8-10(4)5/h9-10H,6-8,14H2,1-5H3,(H,15,16,17,18). The zero-order chi connectivity index (χ0) is 15.1. The molecule has 3 N–H and O–H groups in total. The van der Waals surface area contributed by atoms with E-state index in [9.17, 15) is 0 Å². The van der Waals surface area contributed by atoms with Crippen LogP contribution in [-0.4, -0.2) is 34.6 Å². The van der Waals surface area contributed by atoms with Crippen LogP contribution in [0.15, 0.2) is 0 Å². The van der Waals surface area contributed by atoms with E-state index in [1.807, 2.05) is 6.92 Å². The maximum absolute atomic E-state index is 5.41. The number of nitrogens with one attached hydrogen (secondary N) is 1. The molecule has 0 atom stereocenters. The Bertz CT molecular complexity index is 400. The van der Waals surface area contributed by atoms with E-state index < -0.39 is 0 Å². The quantitative estimate of drug-likeness (QED) is 0.553. The van der Waals surface area contributed by atoms with Crippen molar-refractivity contribution in [2.75, 3.05) is 30.0 Å². The Kier molecular flexibility index (Phi) is 6.44. The second-order valence-corrected chi connectivity index (χ2v) is 5.51. The third-order valence-corrected chi connectivity index (χ3v) is 2.46. The summed E-state index contributed by atoms with van der Waals surface area (Å²) in [6, 6.07) is 0.294. The summed E-state index contributed by atoms with van der Waals surface area (Å²) in [5.41, 5.74) is 2.46. The minimum absolute atomic E-state index is 0.294. The molecule has 0 spiro atoms. The van der Waals surface area contributed by atoms with Crippen LogP contribution in [0.5, 0.6) is 6.01 Å². The summed E-state index contributed by atoms with van der Waals surface area (Å²) in [6.45, 7) is 12.8. The first kappa shape index (κ1) is 16.4. The van der Waals surface area contributed by atoms with Gasteiger partial charge in [0.1, 0.15) is 0 Å². The van der Waals surface area contributed by atoms with Crippen molar-refractivity contribution in [1.29, 1.82) is 0 Å². The van der Waals surface area contributed by atoms with Crippen molar-refractivity contribution in [3.05, 3.63) is 0 Å². The molecule has 0 bridgehead atoms. The monoisotopic (exact) mass is 282 g/mol. The van der Waals surface area contributed by atoms with Gasteiger partial charge in [-0.25, -0.2) is 5.84 Å². The number of nitrogen functional groups attached to an aromatic ring is 1. The van der Waals surface area contributed by atoms with Crippen LogP contribution in [0.25, 0.3) is 0 Å². The number of hydrazine groups is 1. The molecule has 0 amide bonds. The van der Waals surface area contributed by atoms with Crippen molar-refractivity contribution in [3.8, 4) is 6.01 Å². The molecule has 1 aromatic heterocycles. The molecule has 7 nitrogen and oxygen atoms in total. The fourth-order valence-electron chi connectivity index (χ4n) is 1.86. The van der Waals surface area contributed by atoms with Crippen molar-refractivity contribution in [3.63, 3.8) is 0 Å². The van der Waals surface area contributed by atoms with Crippen LogP contribution in [0, 0.1) is 11.8 Å². The summed E-state index contributed by atoms with van der Waals surface area (Å²) in [7, 11) is 0. The lowest BCUT2D eigenvalue weighted by Gasteiger charge is -2.26. The van der Waals surface area contributed by atoms with Crippen LogP contribution in [0.2, 0.25) is 0 Å². The second-order valence-electron chi connectivity index (χ2n) is 5.51. The summed E-state index contributed by atoms with van der Waals surface area (Å²) in [5, 5.41) is 0. The van der Waals surface area contributed by atoms with Crippen LogP contribution in [0.3, 0.4) is 0 Å². The van der Waals surface area contributed by atoms with E-state index in [0.29, 0.717) is 36.3 Å². The van der Waals surface area contributed by atoms with Crippen LogP contribution in [-0.2, 0) is 0 Å². The van der Waals surface area contributed by atoms with Gasteiger partial charge in [-0.2, -0.15) is 15.0 Å². The highest BCUT2D eigenvalue weighted by atomic mass is 16.5. The molecular formula is C13H26N6O. The van der Waals surface area contributed by atoms with E-state index in [4.69, 9.17) is 10.6 Å². The third kappa shape index (κ3) is 5.16. The summed E-state index contributed by atoms with van der Waals surface area (Å²) in [4.78, 5) is 14.9. The Morgan fingerprint density at radius 3 is 2.15 bits per heavy atom. The predicted octanol–water partition coefficient (Wildman–Crippen LogP) is 1.67. The first-order valence-corrected chi connectivity index (χ1v) is 7.06. The first-order valence-electron chi connectivity index (χ1n) is 7.06. The molecule has 20 heavy (non-hydrogen) atoms. The summed E-state index contributed by atoms with van der Waals surface area (Å²) in [5.74, 6) is 7.34. The average Bonchev–Trinajstić information content (AvgIpc) is 2.37. The van der Waals surface area contributed by atoms with Gasteiger partial charge >= 0.3 is 6.01 Å². The van der Waals surface area contributed by atoms with E-state index in [1.54, 1.807) is 0 Å². The molecule has 1 heterocycles. The van der Waals surface area contributed by atoms with Gasteiger partial charge in [-0.3, -0.25) is 5.43 Å². The van der Waals surface area contributed by atoms with Crippen molar-refractivity contribution in [2.45, 2.75) is 34.6 Å². The topological polar surface area (TPSA) is 89.2 Å². The molecule has 0 aromatic carbocycles. The lowest BCUT2D eigenvalue weighted by molar-refractivity contribution is 0.311. The van der Waals surface area contributed by atoms with Crippen LogP contribution in [0.1, 0.15) is 34.6 Å². The smallest absolute Gasteiger partial charge is 0.323 e. The highest BCUT2D eigenvalue weighted by Crippen LogP contribution is 2.17. The van der Waals surface area contributed by atoms with Gasteiger partial charge < -0.3 is 9.64 Å². The average molecular weight is 282 g/mol. The molecule has 7 heteroatoms. The fourth-order valence-corrected chi connectivity index (χ4v) is 1.86. The molecule has 0 saturated carbocycles. The highest BCUT2D eigenvalue weighted by molar-refractivity contribution is 5.37. The SMILES string of the molecule is CCOc1nc(NN)nc(N(CC(C)C)CC(C)C)n1. The van der Waals surface area contributed by atoms with Gasteiger partial charge in [-0.15, -0.1) is 0 Å². The summed E-state index contributed by atoms with van der Waals surface area (Å²) < 4.78 is 5.36. The number of aromatic nitrogens is 3. The summed E-state index contributed by atoms with van der Waals surface area (Å²) >= 11 is 0. The third-order valence-electron chi connectivity index (χ3n) is 2.46. The largest absolute Gasteiger partial charge is 0.464 e. The van der Waals surface area contributed by atoms with Crippen LogP contribution in [0.4, 0.5) is 11.9 Å². The Balaban J connectivity index is 3.06. The first-order chi connectivity index (χ1) is 9.46. The van der Waals surface area contributed by atoms with E-state index in [1.165, 1.54) is 0 Å². The molecule has 1 rings (SSSR count). The van der Waals surface area contributed by atoms with Gasteiger partial charge in [0, 0.05) is 13.1 Å². The number of nitrogens with two attached hydrogens (primary N) is 1.